The standard InChI is InChI=1S/C6H10N2O4S.CH4S/c1-6(3-13(2,11)12)4(9)7-5(10)8-6;1-2/h3H2,1-2H3,(H2,7,8,9,10);2H,1H3/t6-;/m0./s1. The number of hydrogen-bond acceptors (Lipinski definition) is 5. The fraction of sp³-hybridized carbons (Fsp3) is 0.714. The molecule has 0 saturated carbocycles. The van der Waals surface area contributed by atoms with Crippen LogP contribution in [0.25, 0.3) is 0 Å². The first-order valence-corrected chi connectivity index (χ1v) is 6.94. The van der Waals surface area contributed by atoms with E-state index in [0.29, 0.717) is 0 Å². The Hall–Kier alpha value is -0.760. The molecule has 1 aliphatic rings. The molecule has 0 radical (unpaired) electrons. The van der Waals surface area contributed by atoms with Gasteiger partial charge in [0, 0.05) is 6.26 Å². The molecule has 3 amide bonds. The summed E-state index contributed by atoms with van der Waals surface area (Å²) in [6.45, 7) is 1.37. The quantitative estimate of drug-likeness (QED) is 0.443. The monoisotopic (exact) mass is 254 g/mol. The Labute approximate surface area is 94.1 Å². The van der Waals surface area contributed by atoms with Crippen molar-refractivity contribution in [2.24, 2.45) is 0 Å². The van der Waals surface area contributed by atoms with Crippen LogP contribution in [-0.4, -0.2) is 44.2 Å². The van der Waals surface area contributed by atoms with E-state index in [1.807, 2.05) is 5.32 Å². The maximum absolute atomic E-state index is 11.1. The molecular formula is C7H14N2O4S2. The number of nitrogens with one attached hydrogen (secondary N) is 2. The largest absolute Gasteiger partial charge is 0.323 e. The summed E-state index contributed by atoms with van der Waals surface area (Å²) in [6.07, 6.45) is 2.70. The summed E-state index contributed by atoms with van der Waals surface area (Å²) < 4.78 is 21.8. The second-order valence-corrected chi connectivity index (χ2v) is 5.45. The van der Waals surface area contributed by atoms with Crippen LogP contribution < -0.4 is 10.6 Å². The van der Waals surface area contributed by atoms with Crippen molar-refractivity contribution in [3.05, 3.63) is 0 Å². The third-order valence-electron chi connectivity index (χ3n) is 1.67. The van der Waals surface area contributed by atoms with Crippen molar-refractivity contribution in [1.29, 1.82) is 0 Å². The van der Waals surface area contributed by atoms with Gasteiger partial charge < -0.3 is 5.32 Å². The first kappa shape index (κ1) is 14.2. The zero-order valence-corrected chi connectivity index (χ0v) is 10.4. The molecule has 1 saturated heterocycles. The molecule has 6 nitrogen and oxygen atoms in total. The third-order valence-corrected chi connectivity index (χ3v) is 2.77. The maximum atomic E-state index is 11.1. The lowest BCUT2D eigenvalue weighted by Gasteiger charge is -2.18. The molecular weight excluding hydrogens is 240 g/mol. The Morgan fingerprint density at radius 1 is 1.33 bits per heavy atom. The Morgan fingerprint density at radius 3 is 2.07 bits per heavy atom. The molecule has 1 aliphatic heterocycles. The van der Waals surface area contributed by atoms with E-state index in [0.717, 1.165) is 6.26 Å². The van der Waals surface area contributed by atoms with Gasteiger partial charge in [-0.2, -0.15) is 12.6 Å². The smallest absolute Gasteiger partial charge is 0.322 e. The number of rotatable bonds is 2. The molecule has 1 rings (SSSR count). The van der Waals surface area contributed by atoms with Crippen LogP contribution in [0.3, 0.4) is 0 Å². The third kappa shape index (κ3) is 4.08. The highest BCUT2D eigenvalue weighted by molar-refractivity contribution is 7.90. The van der Waals surface area contributed by atoms with Gasteiger partial charge >= 0.3 is 6.03 Å². The summed E-state index contributed by atoms with van der Waals surface area (Å²) in [6, 6.07) is -0.656. The molecule has 0 bridgehead atoms. The lowest BCUT2D eigenvalue weighted by atomic mass is 10.1. The number of amides is 3. The number of carbonyl (C=O) groups excluding carboxylic acids is 2. The van der Waals surface area contributed by atoms with Gasteiger partial charge in [0.1, 0.15) is 15.4 Å². The average molecular weight is 254 g/mol. The molecule has 0 aromatic carbocycles. The highest BCUT2D eigenvalue weighted by Gasteiger charge is 2.44. The SMILES string of the molecule is CS.C[C@@]1(CS(C)(=O)=O)NC(=O)NC1=O. The van der Waals surface area contributed by atoms with E-state index in [4.69, 9.17) is 0 Å². The minimum Gasteiger partial charge on any atom is -0.323 e. The second kappa shape index (κ2) is 4.84. The minimum atomic E-state index is -3.30. The molecule has 88 valence electrons. The van der Waals surface area contributed by atoms with Gasteiger partial charge in [-0.25, -0.2) is 13.2 Å². The summed E-state index contributed by atoms with van der Waals surface area (Å²) in [5, 5.41) is 4.23. The van der Waals surface area contributed by atoms with Gasteiger partial charge in [-0.05, 0) is 13.2 Å². The summed E-state index contributed by atoms with van der Waals surface area (Å²) in [5.41, 5.74) is -1.33. The van der Waals surface area contributed by atoms with E-state index in [2.05, 4.69) is 17.9 Å². The summed E-state index contributed by atoms with van der Waals surface area (Å²) >= 11 is 3.53. The van der Waals surface area contributed by atoms with Crippen molar-refractivity contribution in [1.82, 2.24) is 10.6 Å². The Morgan fingerprint density at radius 2 is 1.80 bits per heavy atom. The molecule has 1 fully saturated rings. The molecule has 2 N–H and O–H groups in total. The number of thiol groups is 1. The van der Waals surface area contributed by atoms with Gasteiger partial charge in [0.05, 0.1) is 5.75 Å². The molecule has 0 aromatic heterocycles. The topological polar surface area (TPSA) is 92.3 Å². The van der Waals surface area contributed by atoms with E-state index < -0.39 is 33.1 Å². The van der Waals surface area contributed by atoms with Crippen molar-refractivity contribution < 1.29 is 18.0 Å². The van der Waals surface area contributed by atoms with Crippen LogP contribution in [-0.2, 0) is 14.6 Å². The van der Waals surface area contributed by atoms with Crippen molar-refractivity contribution in [2.75, 3.05) is 18.3 Å². The molecule has 0 aromatic rings. The first-order chi connectivity index (χ1) is 6.73. The van der Waals surface area contributed by atoms with E-state index in [-0.39, 0.29) is 0 Å². The van der Waals surface area contributed by atoms with E-state index >= 15 is 0 Å². The van der Waals surface area contributed by atoms with E-state index in [1.54, 1.807) is 6.26 Å². The minimum absolute atomic E-state index is 0.391. The van der Waals surface area contributed by atoms with Crippen LogP contribution in [0.4, 0.5) is 4.79 Å². The lowest BCUT2D eigenvalue weighted by Crippen LogP contribution is -2.49. The van der Waals surface area contributed by atoms with Crippen LogP contribution >= 0.6 is 12.6 Å². The number of sulfone groups is 1. The zero-order chi connectivity index (χ0) is 12.3. The zero-order valence-electron chi connectivity index (χ0n) is 8.70. The molecule has 1 heterocycles. The van der Waals surface area contributed by atoms with Crippen LogP contribution in [0, 0.1) is 0 Å². The number of imide groups is 1. The van der Waals surface area contributed by atoms with E-state index in [1.165, 1.54) is 6.92 Å². The summed E-state index contributed by atoms with van der Waals surface area (Å²) in [4.78, 5) is 21.8. The lowest BCUT2D eigenvalue weighted by molar-refractivity contribution is -0.122. The summed E-state index contributed by atoms with van der Waals surface area (Å²) in [7, 11) is -3.30. The number of urea groups is 1. The normalized spacial score (nSPS) is 25.1. The fourth-order valence-corrected chi connectivity index (χ4v) is 2.46. The van der Waals surface area contributed by atoms with E-state index in [9.17, 15) is 18.0 Å². The maximum Gasteiger partial charge on any atom is 0.322 e. The molecule has 15 heavy (non-hydrogen) atoms. The highest BCUT2D eigenvalue weighted by Crippen LogP contribution is 2.11. The van der Waals surface area contributed by atoms with Gasteiger partial charge in [0.25, 0.3) is 5.91 Å². The van der Waals surface area contributed by atoms with Crippen molar-refractivity contribution in [3.63, 3.8) is 0 Å². The van der Waals surface area contributed by atoms with Gasteiger partial charge in [-0.3, -0.25) is 10.1 Å². The predicted octanol–water partition coefficient (Wildman–Crippen LogP) is -0.825. The Bertz CT molecular complexity index is 365. The van der Waals surface area contributed by atoms with Gasteiger partial charge in [-0.15, -0.1) is 0 Å². The van der Waals surface area contributed by atoms with Crippen LogP contribution in [0.15, 0.2) is 0 Å². The first-order valence-electron chi connectivity index (χ1n) is 3.99. The highest BCUT2D eigenvalue weighted by atomic mass is 32.2. The average Bonchev–Trinajstić information content (AvgIpc) is 2.25. The molecule has 0 aliphatic carbocycles. The summed E-state index contributed by atoms with van der Waals surface area (Å²) in [5.74, 6) is -1.000. The Kier molecular flexibility index (Phi) is 4.60. The van der Waals surface area contributed by atoms with Crippen LogP contribution in [0.5, 0.6) is 0 Å². The van der Waals surface area contributed by atoms with Crippen molar-refractivity contribution >= 4 is 34.4 Å². The van der Waals surface area contributed by atoms with Crippen molar-refractivity contribution in [3.8, 4) is 0 Å². The molecule has 0 spiro atoms. The predicted molar refractivity (Wildman–Crippen MR) is 59.7 cm³/mol. The molecule has 0 unspecified atom stereocenters. The molecule has 8 heteroatoms. The Balaban J connectivity index is 0.000000921. The number of hydrogen-bond donors (Lipinski definition) is 3. The fourth-order valence-electron chi connectivity index (χ4n) is 1.21. The second-order valence-electron chi connectivity index (χ2n) is 3.31. The van der Waals surface area contributed by atoms with Crippen molar-refractivity contribution in [2.45, 2.75) is 12.5 Å². The van der Waals surface area contributed by atoms with Crippen LogP contribution in [0.2, 0.25) is 0 Å². The number of carbonyl (C=O) groups is 2. The molecule has 1 atom stereocenters. The van der Waals surface area contributed by atoms with Crippen LogP contribution in [0.1, 0.15) is 6.92 Å². The van der Waals surface area contributed by atoms with Gasteiger partial charge in [0.15, 0.2) is 0 Å². The van der Waals surface area contributed by atoms with Gasteiger partial charge in [0.2, 0.25) is 0 Å². The van der Waals surface area contributed by atoms with Gasteiger partial charge in [-0.1, -0.05) is 0 Å².